The molecule has 1 unspecified atom stereocenters. The van der Waals surface area contributed by atoms with Crippen molar-refractivity contribution in [1.29, 1.82) is 0 Å². The Morgan fingerprint density at radius 1 is 1.05 bits per heavy atom. The molecule has 200 valence electrons. The number of fused-ring (bicyclic) bond motifs is 1. The summed E-state index contributed by atoms with van der Waals surface area (Å²) >= 11 is 0. The Bertz CT molecular complexity index is 1340. The number of aryl methyl sites for hydroxylation is 2. The number of ether oxygens (including phenoxy) is 1. The lowest BCUT2D eigenvalue weighted by Crippen LogP contribution is -2.37. The van der Waals surface area contributed by atoms with Crippen molar-refractivity contribution >= 4 is 11.9 Å². The van der Waals surface area contributed by atoms with Crippen molar-refractivity contribution in [2.75, 3.05) is 19.7 Å². The van der Waals surface area contributed by atoms with Gasteiger partial charge in [-0.2, -0.15) is 0 Å². The predicted molar refractivity (Wildman–Crippen MR) is 153 cm³/mol. The van der Waals surface area contributed by atoms with Gasteiger partial charge >= 0.3 is 0 Å². The summed E-state index contributed by atoms with van der Waals surface area (Å²) in [6, 6.07) is 15.4. The molecule has 1 aromatic heterocycles. The predicted octanol–water partition coefficient (Wildman–Crippen LogP) is 6.34. The van der Waals surface area contributed by atoms with Gasteiger partial charge in [0, 0.05) is 5.56 Å². The lowest BCUT2D eigenvalue weighted by atomic mass is 10.0. The van der Waals surface area contributed by atoms with Crippen LogP contribution in [0.1, 0.15) is 85.5 Å². The van der Waals surface area contributed by atoms with Crippen LogP contribution < -0.4 is 10.3 Å². The topological polar surface area (TPSA) is 64.4 Å². The largest absolute Gasteiger partial charge is 0.492 e. The minimum Gasteiger partial charge on any atom is -0.492 e. The number of para-hydroxylation sites is 2. The maximum absolute atomic E-state index is 13.6. The summed E-state index contributed by atoms with van der Waals surface area (Å²) < 4.78 is 7.64. The summed E-state index contributed by atoms with van der Waals surface area (Å²) in [4.78, 5) is 31.8. The van der Waals surface area contributed by atoms with Crippen LogP contribution in [0.3, 0.4) is 0 Å². The summed E-state index contributed by atoms with van der Waals surface area (Å²) in [6.45, 7) is 10.4. The Morgan fingerprint density at radius 3 is 2.45 bits per heavy atom. The fourth-order valence-corrected chi connectivity index (χ4v) is 5.07. The molecule has 0 N–H and O–H groups in total. The molecule has 5 rings (SSSR count). The molecule has 2 heterocycles. The smallest absolute Gasteiger partial charge is 0.265 e. The van der Waals surface area contributed by atoms with E-state index >= 15 is 0 Å². The van der Waals surface area contributed by atoms with Gasteiger partial charge in [0.15, 0.2) is 5.78 Å². The van der Waals surface area contributed by atoms with E-state index in [1.54, 1.807) is 11.5 Å². The third-order valence-corrected chi connectivity index (χ3v) is 7.23. The Morgan fingerprint density at radius 2 is 1.76 bits per heavy atom. The maximum Gasteiger partial charge on any atom is 0.265 e. The Hall–Kier alpha value is -3.51. The number of ketones is 1. The number of benzene rings is 2. The van der Waals surface area contributed by atoms with Gasteiger partial charge in [-0.15, -0.1) is 0 Å². The average Bonchev–Trinajstić information content (AvgIpc) is 2.94. The van der Waals surface area contributed by atoms with Crippen LogP contribution >= 0.6 is 0 Å². The number of likely N-dealkylation sites (tertiary alicyclic amines) is 1. The molecule has 1 atom stereocenters. The van der Waals surface area contributed by atoms with Gasteiger partial charge in [0.1, 0.15) is 11.6 Å². The molecule has 1 aliphatic carbocycles. The fourth-order valence-electron chi connectivity index (χ4n) is 5.07. The second-order valence-corrected chi connectivity index (χ2v) is 10.0. The summed E-state index contributed by atoms with van der Waals surface area (Å²) in [5, 5.41) is 0. The third kappa shape index (κ3) is 6.30. The van der Waals surface area contributed by atoms with Crippen LogP contribution in [0.4, 0.5) is 0 Å². The first-order chi connectivity index (χ1) is 18.4. The van der Waals surface area contributed by atoms with Crippen molar-refractivity contribution < 1.29 is 9.53 Å². The van der Waals surface area contributed by atoms with E-state index in [0.29, 0.717) is 12.2 Å². The van der Waals surface area contributed by atoms with Gasteiger partial charge < -0.3 is 4.74 Å². The zero-order chi connectivity index (χ0) is 27.1. The number of aromatic nitrogens is 2. The number of allylic oxidation sites excluding steroid dienone is 1. The van der Waals surface area contributed by atoms with E-state index in [2.05, 4.69) is 17.9 Å². The number of hydrogen-bond donors (Lipinski definition) is 0. The first kappa shape index (κ1) is 27.5. The molecule has 1 saturated heterocycles. The van der Waals surface area contributed by atoms with E-state index in [1.165, 1.54) is 24.8 Å². The first-order valence-electron chi connectivity index (χ1n) is 13.8. The molecule has 0 amide bonds. The summed E-state index contributed by atoms with van der Waals surface area (Å²) in [6.07, 6.45) is 9.47. The van der Waals surface area contributed by atoms with Crippen molar-refractivity contribution in [3.63, 3.8) is 0 Å². The van der Waals surface area contributed by atoms with Crippen molar-refractivity contribution in [3.8, 4) is 11.4 Å². The number of Topliss-reactive ketones (excluding diaryl/α,β-unsaturated/α-hetero) is 1. The molecule has 1 aliphatic heterocycles. The number of nitrogens with zero attached hydrogens (tertiary/aromatic N) is 3. The molecule has 38 heavy (non-hydrogen) atoms. The number of hydrogen-bond acceptors (Lipinski definition) is 5. The van der Waals surface area contributed by atoms with Gasteiger partial charge in [0.05, 0.1) is 29.6 Å². The lowest BCUT2D eigenvalue weighted by Gasteiger charge is -2.33. The number of carbonyl (C=O) groups is 1. The molecular weight excluding hydrogens is 474 g/mol. The fraction of sp³-hybridized carbons (Fsp3) is 0.406. The van der Waals surface area contributed by atoms with Crippen molar-refractivity contribution in [3.05, 3.63) is 93.2 Å². The number of carbonyl (C=O) groups excluding carboxylic acids is 1. The van der Waals surface area contributed by atoms with E-state index in [-0.39, 0.29) is 17.4 Å². The maximum atomic E-state index is 13.6. The molecule has 2 aromatic carbocycles. The molecule has 6 nitrogen and oxygen atoms in total. The van der Waals surface area contributed by atoms with Crippen molar-refractivity contribution in [1.82, 2.24) is 14.5 Å². The molecule has 6 heteroatoms. The van der Waals surface area contributed by atoms with Gasteiger partial charge in [-0.25, -0.2) is 4.98 Å². The minimum absolute atomic E-state index is 0.00645. The highest BCUT2D eigenvalue weighted by atomic mass is 16.5. The van der Waals surface area contributed by atoms with Crippen LogP contribution in [-0.4, -0.2) is 39.9 Å². The van der Waals surface area contributed by atoms with Gasteiger partial charge in [-0.05, 0) is 78.6 Å². The second kappa shape index (κ2) is 12.8. The van der Waals surface area contributed by atoms with E-state index in [4.69, 9.17) is 9.72 Å². The third-order valence-electron chi connectivity index (χ3n) is 7.23. The molecule has 0 bridgehead atoms. The lowest BCUT2D eigenvalue weighted by molar-refractivity contribution is 0.101. The molecule has 0 radical (unpaired) electrons. The minimum atomic E-state index is 0.00645. The molecule has 0 saturated carbocycles. The van der Waals surface area contributed by atoms with Crippen LogP contribution in [0, 0.1) is 6.92 Å². The van der Waals surface area contributed by atoms with E-state index in [9.17, 15) is 9.59 Å². The Balaban J connectivity index is 0.000000283. The standard InChI is InChI=1S/C23H29N3O2.C9H10O/c1-3-28-21-14-8-7-13-20(21)26-22(17(2)25-15-9-4-10-16-25)24-19-12-6-5-11-18(19)23(26)27;1-7-3-5-9(6-4-7)8(2)10/h5,7-8,11,13-14,17H,3-4,6,9-10,12,15-16H2,1-2H3;3-6H,1-2H3. The molecule has 2 aliphatic rings. The first-order valence-corrected chi connectivity index (χ1v) is 13.8. The average molecular weight is 514 g/mol. The van der Waals surface area contributed by atoms with Crippen LogP contribution in [0.2, 0.25) is 0 Å². The molecule has 0 spiro atoms. The van der Waals surface area contributed by atoms with Gasteiger partial charge in [0.2, 0.25) is 0 Å². The zero-order valence-electron chi connectivity index (χ0n) is 23.1. The van der Waals surface area contributed by atoms with Crippen LogP contribution in [0.25, 0.3) is 11.8 Å². The van der Waals surface area contributed by atoms with Crippen LogP contribution in [0.5, 0.6) is 5.75 Å². The molecule has 1 fully saturated rings. The van der Waals surface area contributed by atoms with E-state index in [1.807, 2.05) is 68.5 Å². The normalized spacial score (nSPS) is 15.7. The Labute approximate surface area is 226 Å². The quantitative estimate of drug-likeness (QED) is 0.360. The molecular formula is C32H39N3O3. The SMILES string of the molecule is CC(=O)c1ccc(C)cc1.CCOc1ccccc1-n1c(C(C)N2CCCCC2)nc2c(c1=O)C=CCC2. The zero-order valence-corrected chi connectivity index (χ0v) is 23.1. The monoisotopic (exact) mass is 513 g/mol. The summed E-state index contributed by atoms with van der Waals surface area (Å²) in [5.74, 6) is 1.67. The van der Waals surface area contributed by atoms with Crippen LogP contribution in [-0.2, 0) is 6.42 Å². The van der Waals surface area contributed by atoms with Crippen LogP contribution in [0.15, 0.2) is 59.4 Å². The highest BCUT2D eigenvalue weighted by molar-refractivity contribution is 5.93. The second-order valence-electron chi connectivity index (χ2n) is 10.0. The van der Waals surface area contributed by atoms with Gasteiger partial charge in [0.25, 0.3) is 5.56 Å². The van der Waals surface area contributed by atoms with E-state index in [0.717, 1.165) is 54.4 Å². The number of rotatable bonds is 6. The van der Waals surface area contributed by atoms with Gasteiger partial charge in [-0.1, -0.05) is 60.5 Å². The highest BCUT2D eigenvalue weighted by Gasteiger charge is 2.27. The highest BCUT2D eigenvalue weighted by Crippen LogP contribution is 2.29. The Kier molecular flexibility index (Phi) is 9.29. The summed E-state index contributed by atoms with van der Waals surface area (Å²) in [7, 11) is 0. The number of piperidine rings is 1. The van der Waals surface area contributed by atoms with Gasteiger partial charge in [-0.3, -0.25) is 19.1 Å². The van der Waals surface area contributed by atoms with E-state index < -0.39 is 0 Å². The van der Waals surface area contributed by atoms with Crippen molar-refractivity contribution in [2.45, 2.75) is 65.8 Å². The summed E-state index contributed by atoms with van der Waals surface area (Å²) in [5.41, 5.74) is 4.40. The molecule has 3 aromatic rings. The van der Waals surface area contributed by atoms with Crippen molar-refractivity contribution in [2.24, 2.45) is 0 Å².